The van der Waals surface area contributed by atoms with Crippen LogP contribution in [0, 0.1) is 0 Å². The van der Waals surface area contributed by atoms with Gasteiger partial charge in [0.1, 0.15) is 0 Å². The van der Waals surface area contributed by atoms with E-state index in [9.17, 15) is 4.20 Å². The highest BCUT2D eigenvalue weighted by Gasteiger charge is 1.72. The minimum atomic E-state index is -0.580. The van der Waals surface area contributed by atoms with E-state index in [4.69, 9.17) is 0 Å². The first kappa shape index (κ1) is 5.10. The Morgan fingerprint density at radius 3 is 2.20 bits per heavy atom. The summed E-state index contributed by atoms with van der Waals surface area (Å²) in [5, 5.41) is 0.616. The van der Waals surface area contributed by atoms with Crippen molar-refractivity contribution in [1.29, 1.82) is 0 Å². The average molecular weight is 92.1 g/mol. The Labute approximate surface area is 33.0 Å². The van der Waals surface area contributed by atoms with Crippen molar-refractivity contribution < 1.29 is 4.20 Å². The molecular weight excluding hydrogens is 86.0 g/mol. The van der Waals surface area contributed by atoms with Gasteiger partial charge in [-0.1, -0.05) is 6.58 Å². The second-order valence-corrected chi connectivity index (χ2v) is 1.92. The zero-order valence-corrected chi connectivity index (χ0v) is 4.09. The van der Waals surface area contributed by atoms with Crippen LogP contribution in [-0.4, -0.2) is 0 Å². The first-order valence-electron chi connectivity index (χ1n) is 1.29. The fraction of sp³-hybridized carbons (Fsp3) is 0.333. The molecular formula is C3H6FP. The SMILES string of the molecule is C=C(C)PF. The van der Waals surface area contributed by atoms with Gasteiger partial charge in [-0.3, -0.25) is 0 Å². The Kier molecular flexibility index (Phi) is 2.39. The van der Waals surface area contributed by atoms with Gasteiger partial charge in [-0.2, -0.15) is 0 Å². The predicted molar refractivity (Wildman–Crippen MR) is 24.2 cm³/mol. The minimum absolute atomic E-state index is 0.580. The highest BCUT2D eigenvalue weighted by atomic mass is 31.1. The summed E-state index contributed by atoms with van der Waals surface area (Å²) in [5.74, 6) is 0. The zero-order chi connectivity index (χ0) is 4.28. The van der Waals surface area contributed by atoms with Crippen molar-refractivity contribution in [2.24, 2.45) is 0 Å². The summed E-state index contributed by atoms with van der Waals surface area (Å²) in [5.41, 5.74) is 0. The molecule has 0 radical (unpaired) electrons. The first-order chi connectivity index (χ1) is 2.27. The van der Waals surface area contributed by atoms with Crippen LogP contribution < -0.4 is 0 Å². The lowest BCUT2D eigenvalue weighted by atomic mass is 10.8. The number of rotatable bonds is 1. The molecule has 0 spiro atoms. The number of halogens is 1. The van der Waals surface area contributed by atoms with Crippen LogP contribution in [0.2, 0.25) is 0 Å². The summed E-state index contributed by atoms with van der Waals surface area (Å²) in [4.78, 5) is 0. The Bertz CT molecular complexity index is 42.2. The molecule has 0 aliphatic carbocycles. The summed E-state index contributed by atoms with van der Waals surface area (Å²) in [6.07, 6.45) is 0. The quantitative estimate of drug-likeness (QED) is 0.434. The fourth-order valence-electron chi connectivity index (χ4n) is 0. The Morgan fingerprint density at radius 1 is 2.00 bits per heavy atom. The van der Waals surface area contributed by atoms with Gasteiger partial charge in [0.15, 0.2) is 0 Å². The number of allylic oxidation sites excluding steroid dienone is 1. The molecule has 0 amide bonds. The van der Waals surface area contributed by atoms with Crippen molar-refractivity contribution in [2.75, 3.05) is 0 Å². The monoisotopic (exact) mass is 92.0 g/mol. The van der Waals surface area contributed by atoms with Gasteiger partial charge in [-0.25, -0.2) is 4.20 Å². The van der Waals surface area contributed by atoms with E-state index >= 15 is 0 Å². The minimum Gasteiger partial charge on any atom is -0.226 e. The van der Waals surface area contributed by atoms with Gasteiger partial charge in [0.25, 0.3) is 0 Å². The van der Waals surface area contributed by atoms with Gasteiger partial charge in [0, 0.05) is 0 Å². The lowest BCUT2D eigenvalue weighted by molar-refractivity contribution is 0.924. The van der Waals surface area contributed by atoms with Crippen LogP contribution in [0.4, 0.5) is 4.20 Å². The molecule has 2 heteroatoms. The molecule has 0 aromatic heterocycles. The van der Waals surface area contributed by atoms with E-state index in [1.54, 1.807) is 6.92 Å². The molecule has 0 aromatic rings. The second kappa shape index (κ2) is 2.34. The van der Waals surface area contributed by atoms with Crippen LogP contribution in [0.15, 0.2) is 11.9 Å². The lowest BCUT2D eigenvalue weighted by Crippen LogP contribution is -1.40. The Balaban J connectivity index is 2.85. The molecule has 0 nitrogen and oxygen atoms in total. The van der Waals surface area contributed by atoms with Crippen LogP contribution in [0.1, 0.15) is 6.92 Å². The second-order valence-electron chi connectivity index (χ2n) is 0.875. The predicted octanol–water partition coefficient (Wildman–Crippen LogP) is 2.08. The lowest BCUT2D eigenvalue weighted by Gasteiger charge is -1.75. The summed E-state index contributed by atoms with van der Waals surface area (Å²) < 4.78 is 11.0. The molecule has 5 heavy (non-hydrogen) atoms. The van der Waals surface area contributed by atoms with Crippen LogP contribution in [0.25, 0.3) is 0 Å². The van der Waals surface area contributed by atoms with Crippen LogP contribution in [0.3, 0.4) is 0 Å². The fourth-order valence-corrected chi connectivity index (χ4v) is 0. The normalized spacial score (nSPS) is 10.0. The van der Waals surface area contributed by atoms with Gasteiger partial charge >= 0.3 is 0 Å². The standard InChI is InChI=1S/C3H6FP/c1-3(2)5-4/h5H,1H2,2H3. The summed E-state index contributed by atoms with van der Waals surface area (Å²) in [6, 6.07) is 0. The third-order valence-corrected chi connectivity index (χ3v) is 0.484. The van der Waals surface area contributed by atoms with E-state index < -0.39 is 8.89 Å². The van der Waals surface area contributed by atoms with E-state index in [1.807, 2.05) is 0 Å². The van der Waals surface area contributed by atoms with Crippen molar-refractivity contribution in [2.45, 2.75) is 6.92 Å². The zero-order valence-electron chi connectivity index (χ0n) is 3.09. The Hall–Kier alpha value is 0.100. The average Bonchev–Trinajstić information content (AvgIpc) is 1.38. The summed E-state index contributed by atoms with van der Waals surface area (Å²) in [6.45, 7) is 4.98. The third kappa shape index (κ3) is 4.10. The molecule has 0 bridgehead atoms. The van der Waals surface area contributed by atoms with Crippen molar-refractivity contribution in [3.63, 3.8) is 0 Å². The van der Waals surface area contributed by atoms with Crippen LogP contribution >= 0.6 is 8.89 Å². The van der Waals surface area contributed by atoms with Crippen LogP contribution in [0.5, 0.6) is 0 Å². The van der Waals surface area contributed by atoms with Crippen LogP contribution in [-0.2, 0) is 0 Å². The third-order valence-electron chi connectivity index (χ3n) is 0.161. The van der Waals surface area contributed by atoms with Gasteiger partial charge in [-0.15, -0.1) is 0 Å². The molecule has 0 saturated carbocycles. The molecule has 0 heterocycles. The molecule has 0 aromatic carbocycles. The molecule has 0 N–H and O–H groups in total. The smallest absolute Gasteiger partial charge is 0.0934 e. The number of hydrogen-bond donors (Lipinski definition) is 0. The highest BCUT2D eigenvalue weighted by molar-refractivity contribution is 7.36. The van der Waals surface area contributed by atoms with Crippen molar-refractivity contribution in [1.82, 2.24) is 0 Å². The van der Waals surface area contributed by atoms with Gasteiger partial charge in [-0.05, 0) is 12.2 Å². The van der Waals surface area contributed by atoms with E-state index in [0.717, 1.165) is 0 Å². The maximum absolute atomic E-state index is 11.0. The topological polar surface area (TPSA) is 0 Å². The van der Waals surface area contributed by atoms with E-state index in [0.29, 0.717) is 5.31 Å². The maximum atomic E-state index is 11.0. The molecule has 0 aliphatic rings. The van der Waals surface area contributed by atoms with Gasteiger partial charge in [0.2, 0.25) is 0 Å². The highest BCUT2D eigenvalue weighted by Crippen LogP contribution is 2.19. The molecule has 30 valence electrons. The first-order valence-corrected chi connectivity index (χ1v) is 2.17. The van der Waals surface area contributed by atoms with E-state index in [2.05, 4.69) is 6.58 Å². The van der Waals surface area contributed by atoms with Crippen molar-refractivity contribution in [3.8, 4) is 0 Å². The summed E-state index contributed by atoms with van der Waals surface area (Å²) in [7, 11) is -0.580. The largest absolute Gasteiger partial charge is 0.226 e. The van der Waals surface area contributed by atoms with E-state index in [-0.39, 0.29) is 0 Å². The molecule has 0 fully saturated rings. The van der Waals surface area contributed by atoms with E-state index in [1.165, 1.54) is 0 Å². The molecule has 1 atom stereocenters. The molecule has 0 saturated heterocycles. The maximum Gasteiger partial charge on any atom is 0.0934 e. The Morgan fingerprint density at radius 2 is 2.20 bits per heavy atom. The molecule has 0 aliphatic heterocycles. The van der Waals surface area contributed by atoms with Gasteiger partial charge < -0.3 is 0 Å². The van der Waals surface area contributed by atoms with Crippen molar-refractivity contribution >= 4 is 8.89 Å². The van der Waals surface area contributed by atoms with Crippen molar-refractivity contribution in [3.05, 3.63) is 11.9 Å². The number of hydrogen-bond acceptors (Lipinski definition) is 0. The molecule has 0 rings (SSSR count). The summed E-state index contributed by atoms with van der Waals surface area (Å²) >= 11 is 0. The molecule has 1 unspecified atom stereocenters. The van der Waals surface area contributed by atoms with Gasteiger partial charge in [0.05, 0.1) is 8.89 Å².